The first-order valence-corrected chi connectivity index (χ1v) is 1.74. The van der Waals surface area contributed by atoms with Gasteiger partial charge in [0.05, 0.1) is 0 Å². The maximum absolute atomic E-state index is 3.66. The van der Waals surface area contributed by atoms with E-state index >= 15 is 0 Å². The van der Waals surface area contributed by atoms with E-state index in [1.54, 1.807) is 10.8 Å². The number of imidazole rings is 1. The minimum absolute atomic E-state index is 0. The molecule has 0 atom stereocenters. The second-order valence-electron chi connectivity index (χ2n) is 1.14. The Balaban J connectivity index is 0.000000360. The molecule has 0 saturated carbocycles. The van der Waals surface area contributed by atoms with Gasteiger partial charge in [0.15, 0.2) is 0 Å². The Morgan fingerprint density at radius 2 is 2.43 bits per heavy atom. The Kier molecular flexibility index (Phi) is 3.48. The van der Waals surface area contributed by atoms with Gasteiger partial charge >= 0.3 is 0 Å². The number of aromatic nitrogens is 2. The molecule has 1 aromatic heterocycles. The third-order valence-corrected chi connectivity index (χ3v) is 0.580. The number of aryl methyl sites for hydroxylation is 1. The fourth-order valence-electron chi connectivity index (χ4n) is 0.291. The normalized spacial score (nSPS) is 7.57. The fourth-order valence-corrected chi connectivity index (χ4v) is 0.291. The monoisotopic (exact) mass is 170 g/mol. The van der Waals surface area contributed by atoms with Gasteiger partial charge in [-0.25, -0.2) is 0 Å². The second-order valence-corrected chi connectivity index (χ2v) is 1.14. The molecule has 0 aliphatic heterocycles. The van der Waals surface area contributed by atoms with Crippen LogP contribution in [0.2, 0.25) is 0 Å². The first kappa shape index (κ1) is 7.31. The molecule has 0 N–H and O–H groups in total. The number of rotatable bonds is 0. The zero-order chi connectivity index (χ0) is 4.41. The van der Waals surface area contributed by atoms with E-state index in [1.165, 1.54) is 0 Å². The third-order valence-electron chi connectivity index (χ3n) is 0.580. The van der Waals surface area contributed by atoms with E-state index in [0.29, 0.717) is 0 Å². The molecular weight excluding hydrogens is 165 g/mol. The van der Waals surface area contributed by atoms with Gasteiger partial charge in [-0.05, 0) is 7.05 Å². The molecule has 1 heterocycles. The summed E-state index contributed by atoms with van der Waals surface area (Å²) in [5.41, 5.74) is 0. The molecule has 1 radical (unpaired) electrons. The van der Waals surface area contributed by atoms with Crippen molar-refractivity contribution < 1.29 is 32.7 Å². The van der Waals surface area contributed by atoms with E-state index in [1.807, 2.05) is 13.2 Å². The molecular formula is C4H5N2Y-. The van der Waals surface area contributed by atoms with Gasteiger partial charge in [0.25, 0.3) is 0 Å². The van der Waals surface area contributed by atoms with E-state index in [0.717, 1.165) is 0 Å². The molecule has 1 aromatic rings. The van der Waals surface area contributed by atoms with Gasteiger partial charge in [-0.2, -0.15) is 0 Å². The van der Waals surface area contributed by atoms with Crippen LogP contribution in [-0.4, -0.2) is 9.55 Å². The Hall–Kier alpha value is 0.314. The largest absolute Gasteiger partial charge is 0.457 e. The van der Waals surface area contributed by atoms with E-state index in [2.05, 4.69) is 11.3 Å². The predicted octanol–water partition coefficient (Wildman–Crippen LogP) is 0.218. The Morgan fingerprint density at radius 3 is 2.57 bits per heavy atom. The summed E-state index contributed by atoms with van der Waals surface area (Å²) in [7, 11) is 1.88. The van der Waals surface area contributed by atoms with Crippen LogP contribution in [0.4, 0.5) is 0 Å². The van der Waals surface area contributed by atoms with Crippen LogP contribution < -0.4 is 0 Å². The van der Waals surface area contributed by atoms with Gasteiger partial charge in [-0.1, -0.05) is 0 Å². The van der Waals surface area contributed by atoms with Crippen molar-refractivity contribution in [1.82, 2.24) is 9.55 Å². The summed E-state index contributed by atoms with van der Waals surface area (Å²) in [5.74, 6) is 0. The number of hydrogen-bond donors (Lipinski definition) is 0. The topological polar surface area (TPSA) is 17.8 Å². The molecule has 0 aliphatic carbocycles. The maximum Gasteiger partial charge on any atom is 0.000183 e. The summed E-state index contributed by atoms with van der Waals surface area (Å²) in [4.78, 5) is 3.66. The quantitative estimate of drug-likeness (QED) is 0.509. The van der Waals surface area contributed by atoms with Crippen molar-refractivity contribution in [2.24, 2.45) is 7.05 Å². The van der Waals surface area contributed by atoms with Crippen LogP contribution >= 0.6 is 0 Å². The molecule has 1 rings (SSSR count). The Morgan fingerprint density at radius 1 is 1.71 bits per heavy atom. The predicted molar refractivity (Wildman–Crippen MR) is 22.0 cm³/mol. The van der Waals surface area contributed by atoms with Gasteiger partial charge in [-0.15, -0.1) is 12.4 Å². The molecule has 0 aliphatic rings. The SMILES string of the molecule is Cn1[c-]ncc1.[Y]. The summed E-state index contributed by atoms with van der Waals surface area (Å²) >= 11 is 0. The standard InChI is InChI=1S/C4H5N2.Y/c1-6-3-2-5-4-6;/h2-3H,1H3;/q-1;. The molecule has 35 valence electrons. The van der Waals surface area contributed by atoms with Crippen molar-refractivity contribution in [3.05, 3.63) is 18.7 Å². The number of hydrogen-bond acceptors (Lipinski definition) is 1. The molecule has 3 heteroatoms. The van der Waals surface area contributed by atoms with Gasteiger partial charge in [0.2, 0.25) is 0 Å². The average molecular weight is 170 g/mol. The van der Waals surface area contributed by atoms with Crippen molar-refractivity contribution in [3.63, 3.8) is 0 Å². The molecule has 0 unspecified atom stereocenters. The molecule has 0 saturated heterocycles. The summed E-state index contributed by atoms with van der Waals surface area (Å²) < 4.78 is 1.76. The molecule has 7 heavy (non-hydrogen) atoms. The van der Waals surface area contributed by atoms with Crippen LogP contribution in [0.15, 0.2) is 12.4 Å². The molecule has 0 bridgehead atoms. The summed E-state index contributed by atoms with van der Waals surface area (Å²) in [6, 6.07) is 0. The Bertz CT molecular complexity index is 113. The van der Waals surface area contributed by atoms with Crippen molar-refractivity contribution >= 4 is 0 Å². The van der Waals surface area contributed by atoms with Crippen LogP contribution in [0.5, 0.6) is 0 Å². The van der Waals surface area contributed by atoms with Gasteiger partial charge in [0.1, 0.15) is 0 Å². The van der Waals surface area contributed by atoms with E-state index < -0.39 is 0 Å². The Labute approximate surface area is 67.8 Å². The van der Waals surface area contributed by atoms with E-state index in [-0.39, 0.29) is 32.7 Å². The first-order chi connectivity index (χ1) is 2.89. The fraction of sp³-hybridized carbons (Fsp3) is 0.250. The molecule has 2 nitrogen and oxygen atoms in total. The minimum Gasteiger partial charge on any atom is -0.457 e. The minimum atomic E-state index is 0. The van der Waals surface area contributed by atoms with Crippen molar-refractivity contribution in [1.29, 1.82) is 0 Å². The van der Waals surface area contributed by atoms with Gasteiger partial charge < -0.3 is 9.55 Å². The molecule has 0 aromatic carbocycles. The van der Waals surface area contributed by atoms with Crippen LogP contribution in [-0.2, 0) is 39.8 Å². The van der Waals surface area contributed by atoms with Crippen molar-refractivity contribution in [2.75, 3.05) is 0 Å². The van der Waals surface area contributed by atoms with Crippen LogP contribution in [0.25, 0.3) is 0 Å². The van der Waals surface area contributed by atoms with Crippen molar-refractivity contribution in [3.8, 4) is 0 Å². The summed E-state index contributed by atoms with van der Waals surface area (Å²) in [6.07, 6.45) is 6.19. The number of nitrogens with zero attached hydrogens (tertiary/aromatic N) is 2. The first-order valence-electron chi connectivity index (χ1n) is 1.74. The van der Waals surface area contributed by atoms with Gasteiger partial charge in [-0.3, -0.25) is 0 Å². The molecule has 0 fully saturated rings. The van der Waals surface area contributed by atoms with Crippen LogP contribution in [0.3, 0.4) is 0 Å². The summed E-state index contributed by atoms with van der Waals surface area (Å²) in [5, 5.41) is 0. The van der Waals surface area contributed by atoms with E-state index in [4.69, 9.17) is 0 Å². The van der Waals surface area contributed by atoms with Crippen molar-refractivity contribution in [2.45, 2.75) is 0 Å². The molecule has 0 spiro atoms. The molecule has 0 amide bonds. The van der Waals surface area contributed by atoms with E-state index in [9.17, 15) is 0 Å². The zero-order valence-corrected chi connectivity index (χ0v) is 6.96. The zero-order valence-electron chi connectivity index (χ0n) is 4.13. The smallest absolute Gasteiger partial charge is 0.000183 e. The second kappa shape index (κ2) is 3.33. The third kappa shape index (κ3) is 2.20. The van der Waals surface area contributed by atoms with Crippen LogP contribution in [0.1, 0.15) is 0 Å². The van der Waals surface area contributed by atoms with Gasteiger partial charge in [0, 0.05) is 39.0 Å². The van der Waals surface area contributed by atoms with Crippen LogP contribution in [0, 0.1) is 6.33 Å². The average Bonchev–Trinajstić information content (AvgIpc) is 1.86. The summed E-state index contributed by atoms with van der Waals surface area (Å²) in [6.45, 7) is 0. The maximum atomic E-state index is 3.66.